The number of hydrogen-bond acceptors (Lipinski definition) is 5. The lowest BCUT2D eigenvalue weighted by Gasteiger charge is -2.09. The highest BCUT2D eigenvalue weighted by molar-refractivity contribution is 6.12. The molecule has 0 bridgehead atoms. The summed E-state index contributed by atoms with van der Waals surface area (Å²) in [5.41, 5.74) is -0.294. The predicted octanol–water partition coefficient (Wildman–Crippen LogP) is 10.3. The topological polar surface area (TPSA) is 65.0 Å². The molecule has 0 amide bonds. The van der Waals surface area contributed by atoms with Gasteiger partial charge in [0.05, 0.1) is 17.8 Å². The first-order chi connectivity index (χ1) is 27.2. The van der Waals surface area contributed by atoms with Gasteiger partial charge in [0.15, 0.2) is 17.5 Å². The van der Waals surface area contributed by atoms with Crippen LogP contribution in [0, 0.1) is 0 Å². The summed E-state index contributed by atoms with van der Waals surface area (Å²) in [4.78, 5) is 13.9. The number of nitrogens with zero attached hydrogens (tertiary/aromatic N) is 3. The number of fused-ring (bicyclic) bond motifs is 6. The van der Waals surface area contributed by atoms with E-state index in [9.17, 15) is 4.11 Å². The van der Waals surface area contributed by atoms with E-state index in [0.717, 1.165) is 0 Å². The fourth-order valence-electron chi connectivity index (χ4n) is 5.18. The van der Waals surface area contributed by atoms with Gasteiger partial charge in [-0.05, 0) is 29.7 Å². The highest BCUT2D eigenvalue weighted by Gasteiger charge is 2.19. The van der Waals surface area contributed by atoms with Crippen LogP contribution in [0.4, 0.5) is 0 Å². The molecule has 0 radical (unpaired) electrons. The second-order valence-electron chi connectivity index (χ2n) is 9.81. The zero-order valence-corrected chi connectivity index (χ0v) is 22.4. The third kappa shape index (κ3) is 3.91. The Kier molecular flexibility index (Phi) is 3.30. The van der Waals surface area contributed by atoms with Crippen molar-refractivity contribution in [2.75, 3.05) is 0 Å². The molecule has 9 aromatic rings. The number of hydrogen-bond donors (Lipinski definition) is 0. The average molecular weight is 579 g/mol. The van der Waals surface area contributed by atoms with Crippen molar-refractivity contribution in [2.24, 2.45) is 0 Å². The molecule has 9 rings (SSSR count). The lowest BCUT2D eigenvalue weighted by atomic mass is 10.0. The van der Waals surface area contributed by atoms with Crippen LogP contribution in [0.2, 0.25) is 0 Å². The Bertz CT molecular complexity index is 3220. The van der Waals surface area contributed by atoms with Crippen LogP contribution in [0.3, 0.4) is 0 Å². The van der Waals surface area contributed by atoms with Crippen LogP contribution in [0.15, 0.2) is 148 Å². The van der Waals surface area contributed by atoms with Crippen molar-refractivity contribution in [1.82, 2.24) is 15.0 Å². The first-order valence-corrected chi connectivity index (χ1v) is 13.5. The van der Waals surface area contributed by atoms with Crippen molar-refractivity contribution >= 4 is 43.9 Å². The summed E-state index contributed by atoms with van der Waals surface area (Å²) in [6, 6.07) is 10.6. The van der Waals surface area contributed by atoms with Crippen molar-refractivity contribution in [3.8, 4) is 45.3 Å². The molecule has 0 saturated carbocycles. The Balaban J connectivity index is 1.41. The number of benzene rings is 6. The SMILES string of the molecule is [2H]c1c([2H])c([2H])c2c(oc3c([2H])c([2H])c([2H])c(-c4nc(-c5ccccc5)nc(-c5c([2H])c([2H])c6c(oc7c(-c8ccccc8)c([2H])c([2H])c([2H])c76)c5[2H])n4)c32)c1[2H]. The molecule has 0 spiro atoms. The fraction of sp³-hybridized carbons (Fsp3) is 0. The fourth-order valence-corrected chi connectivity index (χ4v) is 5.18. The largest absolute Gasteiger partial charge is 0.456 e. The Hall–Kier alpha value is -6.07. The molecule has 44 heavy (non-hydrogen) atoms. The number of para-hydroxylation sites is 2. The molecule has 5 heteroatoms. The second kappa shape index (κ2) is 9.75. The van der Waals surface area contributed by atoms with Crippen LogP contribution in [-0.2, 0) is 0 Å². The van der Waals surface area contributed by atoms with Crippen LogP contribution in [0.25, 0.3) is 89.2 Å². The van der Waals surface area contributed by atoms with Gasteiger partial charge in [0.1, 0.15) is 22.3 Å². The average Bonchev–Trinajstić information content (AvgIpc) is 3.81. The predicted molar refractivity (Wildman–Crippen MR) is 176 cm³/mol. The molecular formula is C39H23N3O2. The van der Waals surface area contributed by atoms with E-state index in [1.54, 1.807) is 60.7 Å². The van der Waals surface area contributed by atoms with Gasteiger partial charge in [-0.3, -0.25) is 0 Å². The zero-order chi connectivity index (χ0) is 40.3. The molecule has 0 atom stereocenters. The molecule has 0 fully saturated rings. The lowest BCUT2D eigenvalue weighted by Crippen LogP contribution is -2.00. The lowest BCUT2D eigenvalue weighted by molar-refractivity contribution is 0.669. The third-order valence-electron chi connectivity index (χ3n) is 7.19. The van der Waals surface area contributed by atoms with E-state index < -0.39 is 72.5 Å². The van der Waals surface area contributed by atoms with Crippen molar-refractivity contribution < 1.29 is 26.7 Å². The first kappa shape index (κ1) is 14.9. The summed E-state index contributed by atoms with van der Waals surface area (Å²) in [6.07, 6.45) is 0. The van der Waals surface area contributed by atoms with Gasteiger partial charge in [-0.25, -0.2) is 15.0 Å². The minimum absolute atomic E-state index is 0.0131. The maximum Gasteiger partial charge on any atom is 0.164 e. The molecule has 3 aromatic heterocycles. The molecule has 0 aliphatic rings. The standard InChI is InChI=1S/C39H23N3O2/c1-3-11-24(12-4-1)27-16-9-17-29-28-22-21-26(23-34(28)44-36(27)29)38-40-37(25-13-5-2-6-14-25)41-39(42-38)31-18-10-20-33-35(31)30-15-7-8-19-32(30)43-33/h1-23H/i7D,8D,9D,10D,15D,16D,17D,18D,19D,20D,21D,22D,23D. The first-order valence-electron chi connectivity index (χ1n) is 20.0. The van der Waals surface area contributed by atoms with Crippen LogP contribution in [-0.4, -0.2) is 15.0 Å². The van der Waals surface area contributed by atoms with Gasteiger partial charge < -0.3 is 8.83 Å². The van der Waals surface area contributed by atoms with Crippen LogP contribution >= 0.6 is 0 Å². The third-order valence-corrected chi connectivity index (χ3v) is 7.19. The number of aromatic nitrogens is 3. The quantitative estimate of drug-likeness (QED) is 0.208. The Morgan fingerprint density at radius 2 is 1.11 bits per heavy atom. The summed E-state index contributed by atoms with van der Waals surface area (Å²) in [7, 11) is 0. The van der Waals surface area contributed by atoms with Gasteiger partial charge in [0.25, 0.3) is 0 Å². The highest BCUT2D eigenvalue weighted by Crippen LogP contribution is 2.39. The number of rotatable bonds is 4. The van der Waals surface area contributed by atoms with Crippen LogP contribution in [0.5, 0.6) is 0 Å². The van der Waals surface area contributed by atoms with Gasteiger partial charge in [-0.1, -0.05) is 115 Å². The molecule has 0 N–H and O–H groups in total. The van der Waals surface area contributed by atoms with Crippen molar-refractivity contribution in [1.29, 1.82) is 0 Å². The van der Waals surface area contributed by atoms with Gasteiger partial charge in [-0.2, -0.15) is 0 Å². The van der Waals surface area contributed by atoms with Gasteiger partial charge in [0, 0.05) is 43.8 Å². The minimum atomic E-state index is -0.613. The van der Waals surface area contributed by atoms with Crippen LogP contribution in [0.1, 0.15) is 17.8 Å². The smallest absolute Gasteiger partial charge is 0.164 e. The molecule has 206 valence electrons. The molecule has 5 nitrogen and oxygen atoms in total. The van der Waals surface area contributed by atoms with E-state index in [-0.39, 0.29) is 84.1 Å². The maximum atomic E-state index is 9.42. The van der Waals surface area contributed by atoms with Crippen molar-refractivity contribution in [3.05, 3.63) is 139 Å². The van der Waals surface area contributed by atoms with E-state index in [0.29, 0.717) is 11.1 Å². The normalized spacial score (nSPS) is 15.8. The molecule has 6 aromatic carbocycles. The van der Waals surface area contributed by atoms with E-state index in [1.807, 2.05) is 0 Å². The summed E-state index contributed by atoms with van der Waals surface area (Å²) < 4.78 is 126. The van der Waals surface area contributed by atoms with E-state index in [4.69, 9.17) is 22.5 Å². The van der Waals surface area contributed by atoms with E-state index in [2.05, 4.69) is 15.0 Å². The Morgan fingerprint density at radius 3 is 1.95 bits per heavy atom. The van der Waals surface area contributed by atoms with Gasteiger partial charge >= 0.3 is 0 Å². The van der Waals surface area contributed by atoms with E-state index >= 15 is 0 Å². The number of furan rings is 2. The zero-order valence-electron chi connectivity index (χ0n) is 35.4. The Morgan fingerprint density at radius 1 is 0.455 bits per heavy atom. The molecule has 0 aliphatic heterocycles. The molecule has 3 heterocycles. The molecule has 0 unspecified atom stereocenters. The van der Waals surface area contributed by atoms with Crippen molar-refractivity contribution in [2.45, 2.75) is 0 Å². The summed E-state index contributed by atoms with van der Waals surface area (Å²) in [5, 5.41) is -0.394. The molecule has 0 aliphatic carbocycles. The van der Waals surface area contributed by atoms with Crippen LogP contribution < -0.4 is 0 Å². The molecule has 0 saturated heterocycles. The monoisotopic (exact) mass is 578 g/mol. The minimum Gasteiger partial charge on any atom is -0.456 e. The summed E-state index contributed by atoms with van der Waals surface area (Å²) in [5.74, 6) is -0.665. The second-order valence-corrected chi connectivity index (χ2v) is 9.81. The summed E-state index contributed by atoms with van der Waals surface area (Å²) >= 11 is 0. The highest BCUT2D eigenvalue weighted by atomic mass is 16.3. The summed E-state index contributed by atoms with van der Waals surface area (Å²) in [6.45, 7) is 0. The maximum absolute atomic E-state index is 9.42. The van der Waals surface area contributed by atoms with E-state index in [1.165, 1.54) is 0 Å². The van der Waals surface area contributed by atoms with Crippen molar-refractivity contribution in [3.63, 3.8) is 0 Å². The Labute approximate surface area is 270 Å². The molecular weight excluding hydrogens is 542 g/mol. The van der Waals surface area contributed by atoms with Gasteiger partial charge in [0.2, 0.25) is 0 Å². The van der Waals surface area contributed by atoms with Gasteiger partial charge in [-0.15, -0.1) is 0 Å².